The third kappa shape index (κ3) is 6.07. The van der Waals surface area contributed by atoms with Gasteiger partial charge in [0.2, 0.25) is 0 Å². The minimum atomic E-state index is -0.892. The minimum Gasteiger partial charge on any atom is -0.352 e. The molecule has 2 aliphatic rings. The summed E-state index contributed by atoms with van der Waals surface area (Å²) in [5.41, 5.74) is 0.494. The van der Waals surface area contributed by atoms with Gasteiger partial charge < -0.3 is 18.9 Å². The molecule has 6 heteroatoms. The summed E-state index contributed by atoms with van der Waals surface area (Å²) in [4.78, 5) is 0. The molecule has 2 saturated heterocycles. The zero-order valence-electron chi connectivity index (χ0n) is 15.7. The molecular formula is C21H28F2O4. The Morgan fingerprint density at radius 2 is 1.70 bits per heavy atom. The second-order valence-electron chi connectivity index (χ2n) is 7.19. The van der Waals surface area contributed by atoms with Gasteiger partial charge in [-0.15, -0.1) is 0 Å². The molecule has 0 N–H and O–H groups in total. The number of hydrogen-bond acceptors (Lipinski definition) is 4. The second kappa shape index (κ2) is 10.3. The summed E-state index contributed by atoms with van der Waals surface area (Å²) in [5, 5.41) is 0. The van der Waals surface area contributed by atoms with E-state index in [1.807, 2.05) is 0 Å². The Balaban J connectivity index is 1.35. The summed E-state index contributed by atoms with van der Waals surface area (Å²) >= 11 is 0. The monoisotopic (exact) mass is 382 g/mol. The van der Waals surface area contributed by atoms with Crippen molar-refractivity contribution in [3.05, 3.63) is 47.5 Å². The van der Waals surface area contributed by atoms with Gasteiger partial charge in [-0.05, 0) is 31.4 Å². The van der Waals surface area contributed by atoms with Gasteiger partial charge in [0.1, 0.15) is 0 Å². The van der Waals surface area contributed by atoms with Crippen LogP contribution in [0.3, 0.4) is 0 Å². The molecule has 0 bridgehead atoms. The lowest BCUT2D eigenvalue weighted by molar-refractivity contribution is -0.217. The van der Waals surface area contributed by atoms with E-state index < -0.39 is 17.9 Å². The van der Waals surface area contributed by atoms with Gasteiger partial charge >= 0.3 is 0 Å². The van der Waals surface area contributed by atoms with E-state index in [2.05, 4.69) is 19.1 Å². The number of unbranched alkanes of at least 4 members (excludes halogenated alkanes) is 1. The van der Waals surface area contributed by atoms with Gasteiger partial charge in [0.05, 0.1) is 26.4 Å². The molecule has 1 aromatic rings. The molecule has 0 saturated carbocycles. The standard InChI is InChI=1S/C21H28F2O4/c1-2-3-4-5-15-11-24-20(25-12-15)9-6-16-13-26-21(27-14-16)17-7-8-18(22)19(23)10-17/h4-5,7-8,10,15-16,20-21H,2-3,6,9,11-14H2,1H3/b5-4+. The molecule has 0 atom stereocenters. The van der Waals surface area contributed by atoms with Crippen molar-refractivity contribution in [2.45, 2.75) is 45.2 Å². The average Bonchev–Trinajstić information content (AvgIpc) is 2.70. The van der Waals surface area contributed by atoms with Crippen LogP contribution in [0.15, 0.2) is 30.4 Å². The number of benzene rings is 1. The first kappa shape index (κ1) is 20.4. The zero-order valence-corrected chi connectivity index (χ0v) is 15.7. The Hall–Kier alpha value is -1.34. The fourth-order valence-corrected chi connectivity index (χ4v) is 3.22. The lowest BCUT2D eigenvalue weighted by Gasteiger charge is -2.32. The Kier molecular flexibility index (Phi) is 7.76. The highest BCUT2D eigenvalue weighted by Gasteiger charge is 2.26. The maximum absolute atomic E-state index is 13.3. The van der Waals surface area contributed by atoms with Crippen molar-refractivity contribution in [2.75, 3.05) is 26.4 Å². The van der Waals surface area contributed by atoms with Crippen LogP contribution in [-0.2, 0) is 18.9 Å². The molecule has 0 radical (unpaired) electrons. The van der Waals surface area contributed by atoms with Crippen molar-refractivity contribution in [2.24, 2.45) is 11.8 Å². The van der Waals surface area contributed by atoms with E-state index in [1.54, 1.807) is 0 Å². The summed E-state index contributed by atoms with van der Waals surface area (Å²) in [6.07, 6.45) is 7.45. The van der Waals surface area contributed by atoms with Crippen LogP contribution in [0.4, 0.5) is 8.78 Å². The molecular weight excluding hydrogens is 354 g/mol. The van der Waals surface area contributed by atoms with Crippen LogP contribution in [0.2, 0.25) is 0 Å². The first-order chi connectivity index (χ1) is 13.2. The van der Waals surface area contributed by atoms with Gasteiger partial charge in [0.15, 0.2) is 24.2 Å². The average molecular weight is 382 g/mol. The number of rotatable bonds is 7. The first-order valence-electron chi connectivity index (χ1n) is 9.73. The Labute approximate surface area is 159 Å². The van der Waals surface area contributed by atoms with Crippen molar-refractivity contribution < 1.29 is 27.7 Å². The maximum Gasteiger partial charge on any atom is 0.183 e. The van der Waals surface area contributed by atoms with E-state index >= 15 is 0 Å². The smallest absolute Gasteiger partial charge is 0.183 e. The van der Waals surface area contributed by atoms with Crippen molar-refractivity contribution in [3.8, 4) is 0 Å². The third-order valence-electron chi connectivity index (χ3n) is 4.85. The Morgan fingerprint density at radius 1 is 0.963 bits per heavy atom. The fraction of sp³-hybridized carbons (Fsp3) is 0.619. The highest BCUT2D eigenvalue weighted by atomic mass is 19.2. The van der Waals surface area contributed by atoms with E-state index in [0.717, 1.165) is 37.8 Å². The molecule has 150 valence electrons. The highest BCUT2D eigenvalue weighted by molar-refractivity contribution is 5.19. The van der Waals surface area contributed by atoms with Crippen LogP contribution in [0, 0.1) is 23.5 Å². The van der Waals surface area contributed by atoms with Gasteiger partial charge in [0, 0.05) is 17.4 Å². The maximum atomic E-state index is 13.3. The highest BCUT2D eigenvalue weighted by Crippen LogP contribution is 2.28. The molecule has 0 aliphatic carbocycles. The predicted octanol–water partition coefficient (Wildman–Crippen LogP) is 4.75. The Bertz CT molecular complexity index is 606. The van der Waals surface area contributed by atoms with Gasteiger partial charge in [-0.25, -0.2) is 8.78 Å². The topological polar surface area (TPSA) is 36.9 Å². The van der Waals surface area contributed by atoms with E-state index in [1.165, 1.54) is 6.07 Å². The van der Waals surface area contributed by atoms with Crippen molar-refractivity contribution >= 4 is 0 Å². The molecule has 0 amide bonds. The minimum absolute atomic E-state index is 0.176. The summed E-state index contributed by atoms with van der Waals surface area (Å²) in [7, 11) is 0. The lowest BCUT2D eigenvalue weighted by atomic mass is 10.0. The molecule has 1 aromatic carbocycles. The van der Waals surface area contributed by atoms with Gasteiger partial charge in [-0.2, -0.15) is 0 Å². The molecule has 27 heavy (non-hydrogen) atoms. The van der Waals surface area contributed by atoms with Crippen LogP contribution >= 0.6 is 0 Å². The molecule has 4 nitrogen and oxygen atoms in total. The molecule has 2 fully saturated rings. The van der Waals surface area contributed by atoms with Crippen LogP contribution in [0.1, 0.15) is 44.5 Å². The molecule has 0 unspecified atom stereocenters. The molecule has 0 spiro atoms. The predicted molar refractivity (Wildman–Crippen MR) is 97.0 cm³/mol. The number of hydrogen-bond donors (Lipinski definition) is 0. The molecule has 0 aromatic heterocycles. The van der Waals surface area contributed by atoms with Crippen LogP contribution < -0.4 is 0 Å². The number of allylic oxidation sites excluding steroid dienone is 1. The zero-order chi connectivity index (χ0) is 19.1. The van der Waals surface area contributed by atoms with Gasteiger partial charge in [-0.1, -0.05) is 31.6 Å². The summed E-state index contributed by atoms with van der Waals surface area (Å²) < 4.78 is 49.3. The van der Waals surface area contributed by atoms with Gasteiger partial charge in [0.25, 0.3) is 0 Å². The number of ether oxygens (including phenoxy) is 4. The van der Waals surface area contributed by atoms with E-state index in [9.17, 15) is 8.78 Å². The van der Waals surface area contributed by atoms with Crippen molar-refractivity contribution in [3.63, 3.8) is 0 Å². The second-order valence-corrected chi connectivity index (χ2v) is 7.19. The molecule has 2 aliphatic heterocycles. The van der Waals surface area contributed by atoms with Gasteiger partial charge in [-0.3, -0.25) is 0 Å². The SMILES string of the molecule is CCC/C=C/C1COC(CCC2COC(c3ccc(F)c(F)c3)OC2)OC1. The summed E-state index contributed by atoms with van der Waals surface area (Å²) in [6.45, 7) is 4.58. The van der Waals surface area contributed by atoms with Crippen molar-refractivity contribution in [1.29, 1.82) is 0 Å². The van der Waals surface area contributed by atoms with E-state index in [-0.39, 0.29) is 12.2 Å². The van der Waals surface area contributed by atoms with E-state index in [0.29, 0.717) is 37.9 Å². The fourth-order valence-electron chi connectivity index (χ4n) is 3.22. The quantitative estimate of drug-likeness (QED) is 0.638. The summed E-state index contributed by atoms with van der Waals surface area (Å²) in [5.74, 6) is -1.19. The largest absolute Gasteiger partial charge is 0.352 e. The molecule has 3 rings (SSSR count). The third-order valence-corrected chi connectivity index (χ3v) is 4.85. The lowest BCUT2D eigenvalue weighted by Crippen LogP contribution is -2.33. The van der Waals surface area contributed by atoms with Crippen LogP contribution in [-0.4, -0.2) is 32.7 Å². The van der Waals surface area contributed by atoms with Crippen LogP contribution in [0.5, 0.6) is 0 Å². The van der Waals surface area contributed by atoms with Crippen molar-refractivity contribution in [1.82, 2.24) is 0 Å². The normalized spacial score (nSPS) is 29.3. The summed E-state index contributed by atoms with van der Waals surface area (Å²) in [6, 6.07) is 3.69. The molecule has 2 heterocycles. The number of halogens is 2. The van der Waals surface area contributed by atoms with E-state index in [4.69, 9.17) is 18.9 Å². The van der Waals surface area contributed by atoms with Crippen LogP contribution in [0.25, 0.3) is 0 Å². The first-order valence-corrected chi connectivity index (χ1v) is 9.73. The Morgan fingerprint density at radius 3 is 2.37 bits per heavy atom.